The maximum Gasteiger partial charge on any atom is 0.254 e. The molecule has 2 heterocycles. The average Bonchev–Trinajstić information content (AvgIpc) is 2.69. The largest absolute Gasteiger partial charge is 0.325 e. The molecule has 0 radical (unpaired) electrons. The topological polar surface area (TPSA) is 64.0 Å². The van der Waals surface area contributed by atoms with Crippen LogP contribution in [0.3, 0.4) is 0 Å². The maximum absolute atomic E-state index is 12.8. The molecule has 4 rings (SSSR count). The summed E-state index contributed by atoms with van der Waals surface area (Å²) in [6.45, 7) is 0.355. The van der Waals surface area contributed by atoms with Crippen LogP contribution < -0.4 is 10.9 Å². The van der Waals surface area contributed by atoms with Crippen LogP contribution in [0.25, 0.3) is 11.1 Å². The molecule has 1 aliphatic heterocycles. The first kappa shape index (κ1) is 16.6. The van der Waals surface area contributed by atoms with Crippen LogP contribution in [0.5, 0.6) is 0 Å². The van der Waals surface area contributed by atoms with Gasteiger partial charge in [-0.1, -0.05) is 60.3 Å². The Balaban J connectivity index is 1.57. The van der Waals surface area contributed by atoms with Crippen molar-refractivity contribution in [3.63, 3.8) is 0 Å². The first-order valence-corrected chi connectivity index (χ1v) is 9.35. The number of thioether (sulfide) groups is 1. The van der Waals surface area contributed by atoms with Crippen molar-refractivity contribution in [1.29, 1.82) is 0 Å². The summed E-state index contributed by atoms with van der Waals surface area (Å²) in [6.07, 6.45) is 1.51. The average molecular weight is 363 g/mol. The fourth-order valence-corrected chi connectivity index (χ4v) is 4.07. The molecule has 0 fully saturated rings. The minimum Gasteiger partial charge on any atom is -0.325 e. The molecule has 130 valence electrons. The van der Waals surface area contributed by atoms with E-state index in [1.54, 1.807) is 4.57 Å². The van der Waals surface area contributed by atoms with Gasteiger partial charge in [-0.05, 0) is 11.6 Å². The molecule has 0 spiro atoms. The summed E-state index contributed by atoms with van der Waals surface area (Å²) in [5, 5.41) is 3.71. The minimum atomic E-state index is -0.279. The lowest BCUT2D eigenvalue weighted by molar-refractivity contribution is -0.119. The van der Waals surface area contributed by atoms with Crippen molar-refractivity contribution in [1.82, 2.24) is 9.55 Å². The van der Waals surface area contributed by atoms with Gasteiger partial charge in [0.15, 0.2) is 5.16 Å². The van der Waals surface area contributed by atoms with Gasteiger partial charge < -0.3 is 5.32 Å². The Kier molecular flexibility index (Phi) is 4.58. The number of fused-ring (bicyclic) bond motifs is 1. The molecule has 1 atom stereocenters. The highest BCUT2D eigenvalue weighted by Gasteiger charge is 2.26. The number of carbonyl (C=O) groups excluding carboxylic acids is 1. The summed E-state index contributed by atoms with van der Waals surface area (Å²) in [4.78, 5) is 29.0. The van der Waals surface area contributed by atoms with Crippen molar-refractivity contribution in [2.45, 2.75) is 11.7 Å². The SMILES string of the molecule is O=C(Nc1ccccc1-c1ccccc1)C1CSc2nccc(=O)n2C1. The third-order valence-electron chi connectivity index (χ3n) is 4.36. The fraction of sp³-hybridized carbons (Fsp3) is 0.150. The summed E-state index contributed by atoms with van der Waals surface area (Å²) in [5.41, 5.74) is 2.68. The smallest absolute Gasteiger partial charge is 0.254 e. The molecular weight excluding hydrogens is 346 g/mol. The highest BCUT2D eigenvalue weighted by Crippen LogP contribution is 2.29. The highest BCUT2D eigenvalue weighted by molar-refractivity contribution is 7.99. The number of hydrogen-bond acceptors (Lipinski definition) is 4. The Morgan fingerprint density at radius 3 is 2.69 bits per heavy atom. The van der Waals surface area contributed by atoms with E-state index in [9.17, 15) is 9.59 Å². The zero-order valence-electron chi connectivity index (χ0n) is 14.0. The number of nitrogens with one attached hydrogen (secondary N) is 1. The van der Waals surface area contributed by atoms with Gasteiger partial charge >= 0.3 is 0 Å². The number of benzene rings is 2. The van der Waals surface area contributed by atoms with Crippen LogP contribution in [0, 0.1) is 5.92 Å². The van der Waals surface area contributed by atoms with Crippen molar-refractivity contribution < 1.29 is 4.79 Å². The second-order valence-electron chi connectivity index (χ2n) is 6.09. The van der Waals surface area contributed by atoms with Crippen molar-refractivity contribution >= 4 is 23.4 Å². The van der Waals surface area contributed by atoms with Crippen LogP contribution in [0.4, 0.5) is 5.69 Å². The molecule has 1 aliphatic rings. The van der Waals surface area contributed by atoms with E-state index in [4.69, 9.17) is 0 Å². The molecule has 2 aromatic carbocycles. The Bertz CT molecular complexity index is 1000. The monoisotopic (exact) mass is 363 g/mol. The summed E-state index contributed by atoms with van der Waals surface area (Å²) < 4.78 is 1.57. The van der Waals surface area contributed by atoms with Crippen LogP contribution in [0.2, 0.25) is 0 Å². The predicted molar refractivity (Wildman–Crippen MR) is 103 cm³/mol. The van der Waals surface area contributed by atoms with E-state index in [2.05, 4.69) is 10.3 Å². The lowest BCUT2D eigenvalue weighted by atomic mass is 10.0. The number of aromatic nitrogens is 2. The Labute approximate surface area is 155 Å². The molecule has 3 aromatic rings. The number of carbonyl (C=O) groups is 1. The van der Waals surface area contributed by atoms with E-state index in [1.165, 1.54) is 24.0 Å². The quantitative estimate of drug-likeness (QED) is 0.726. The summed E-state index contributed by atoms with van der Waals surface area (Å²) in [7, 11) is 0. The van der Waals surface area contributed by atoms with E-state index < -0.39 is 0 Å². The van der Waals surface area contributed by atoms with Crippen LogP contribution in [0.1, 0.15) is 0 Å². The molecule has 0 saturated carbocycles. The molecule has 1 N–H and O–H groups in total. The lowest BCUT2D eigenvalue weighted by Crippen LogP contribution is -2.36. The summed E-state index contributed by atoms with van der Waals surface area (Å²) in [5.74, 6) is 0.246. The molecular formula is C20H17N3O2S. The Morgan fingerprint density at radius 2 is 1.85 bits per heavy atom. The number of amides is 1. The van der Waals surface area contributed by atoms with E-state index in [0.717, 1.165) is 16.8 Å². The van der Waals surface area contributed by atoms with E-state index in [1.807, 2.05) is 54.6 Å². The fourth-order valence-electron chi connectivity index (χ4n) is 3.01. The van der Waals surface area contributed by atoms with E-state index in [0.29, 0.717) is 17.5 Å². The zero-order chi connectivity index (χ0) is 17.9. The van der Waals surface area contributed by atoms with Gasteiger partial charge in [-0.25, -0.2) is 4.98 Å². The number of rotatable bonds is 3. The van der Waals surface area contributed by atoms with Crippen molar-refractivity contribution in [3.8, 4) is 11.1 Å². The normalized spacial score (nSPS) is 15.9. The van der Waals surface area contributed by atoms with Crippen LogP contribution in [-0.2, 0) is 11.3 Å². The van der Waals surface area contributed by atoms with Crippen LogP contribution >= 0.6 is 11.8 Å². The molecule has 26 heavy (non-hydrogen) atoms. The van der Waals surface area contributed by atoms with Gasteiger partial charge in [0.05, 0.1) is 5.92 Å². The van der Waals surface area contributed by atoms with Crippen molar-refractivity contribution in [2.75, 3.05) is 11.1 Å². The van der Waals surface area contributed by atoms with Crippen molar-refractivity contribution in [2.24, 2.45) is 5.92 Å². The molecule has 6 heteroatoms. The summed E-state index contributed by atoms with van der Waals surface area (Å²) >= 11 is 1.44. The first-order chi connectivity index (χ1) is 12.7. The van der Waals surface area contributed by atoms with Gasteiger partial charge in [0.1, 0.15) is 0 Å². The molecule has 0 bridgehead atoms. The maximum atomic E-state index is 12.8. The second-order valence-corrected chi connectivity index (χ2v) is 7.07. The molecule has 0 saturated heterocycles. The second kappa shape index (κ2) is 7.17. The van der Waals surface area contributed by atoms with Crippen molar-refractivity contribution in [3.05, 3.63) is 77.2 Å². The number of anilines is 1. The van der Waals surface area contributed by atoms with E-state index >= 15 is 0 Å². The Morgan fingerprint density at radius 1 is 1.08 bits per heavy atom. The van der Waals surface area contributed by atoms with Gasteiger partial charge in [0.25, 0.3) is 5.56 Å². The third kappa shape index (κ3) is 3.28. The number of para-hydroxylation sites is 1. The molecule has 1 amide bonds. The molecule has 1 aromatic heterocycles. The molecule has 0 aliphatic carbocycles. The van der Waals surface area contributed by atoms with Gasteiger partial charge in [-0.3, -0.25) is 14.2 Å². The standard InChI is InChI=1S/C20H17N3O2S/c24-18-10-11-21-20-23(18)12-15(13-26-20)19(25)22-17-9-5-4-8-16(17)14-6-2-1-3-7-14/h1-11,15H,12-13H2,(H,22,25). The van der Waals surface area contributed by atoms with Gasteiger partial charge in [0.2, 0.25) is 5.91 Å². The third-order valence-corrected chi connectivity index (χ3v) is 5.51. The van der Waals surface area contributed by atoms with E-state index in [-0.39, 0.29) is 17.4 Å². The Hall–Kier alpha value is -2.86. The van der Waals surface area contributed by atoms with Gasteiger partial charge in [-0.2, -0.15) is 0 Å². The van der Waals surface area contributed by atoms with Crippen LogP contribution in [-0.4, -0.2) is 21.2 Å². The molecule has 5 nitrogen and oxygen atoms in total. The van der Waals surface area contributed by atoms with Gasteiger partial charge in [-0.15, -0.1) is 0 Å². The number of hydrogen-bond donors (Lipinski definition) is 1. The first-order valence-electron chi connectivity index (χ1n) is 8.36. The zero-order valence-corrected chi connectivity index (χ0v) is 14.8. The highest BCUT2D eigenvalue weighted by atomic mass is 32.2. The van der Waals surface area contributed by atoms with Gasteiger partial charge in [0, 0.05) is 35.8 Å². The van der Waals surface area contributed by atoms with Crippen LogP contribution in [0.15, 0.2) is 76.8 Å². The number of nitrogens with zero attached hydrogens (tertiary/aromatic N) is 2. The minimum absolute atomic E-state index is 0.0812. The predicted octanol–water partition coefficient (Wildman–Crippen LogP) is 3.27. The molecule has 1 unspecified atom stereocenters. The lowest BCUT2D eigenvalue weighted by Gasteiger charge is -2.24. The summed E-state index contributed by atoms with van der Waals surface area (Å²) in [6, 6.07) is 19.1.